The van der Waals surface area contributed by atoms with Gasteiger partial charge in [0.05, 0.1) is 5.69 Å². The summed E-state index contributed by atoms with van der Waals surface area (Å²) in [5.74, 6) is 0. The Bertz CT molecular complexity index is 682. The van der Waals surface area contributed by atoms with Crippen molar-refractivity contribution in [2.75, 3.05) is 13.1 Å². The molecule has 1 saturated heterocycles. The molecule has 4 rings (SSSR count). The SMILES string of the molecule is Cn1ccc(-c2nc(CN3CCCCC3C3(CN)CCC3)cs2)n1. The molecule has 1 saturated carbocycles. The van der Waals surface area contributed by atoms with Crippen LogP contribution in [0.4, 0.5) is 0 Å². The molecule has 5 nitrogen and oxygen atoms in total. The number of piperidine rings is 1. The lowest BCUT2D eigenvalue weighted by molar-refractivity contribution is -0.0210. The molecular weight excluding hydrogens is 318 g/mol. The van der Waals surface area contributed by atoms with Gasteiger partial charge in [0.2, 0.25) is 0 Å². The minimum Gasteiger partial charge on any atom is -0.330 e. The van der Waals surface area contributed by atoms with Crippen molar-refractivity contribution in [3.05, 3.63) is 23.3 Å². The summed E-state index contributed by atoms with van der Waals surface area (Å²) in [5.41, 5.74) is 8.72. The molecule has 0 bridgehead atoms. The van der Waals surface area contributed by atoms with E-state index in [-0.39, 0.29) is 0 Å². The van der Waals surface area contributed by atoms with E-state index in [2.05, 4.69) is 15.4 Å². The highest BCUT2D eigenvalue weighted by Gasteiger charge is 2.46. The summed E-state index contributed by atoms with van der Waals surface area (Å²) >= 11 is 1.70. The molecule has 3 heterocycles. The second-order valence-electron chi connectivity index (χ2n) is 7.42. The summed E-state index contributed by atoms with van der Waals surface area (Å²) in [6.45, 7) is 2.98. The van der Waals surface area contributed by atoms with Crippen LogP contribution in [-0.4, -0.2) is 38.8 Å². The van der Waals surface area contributed by atoms with Crippen LogP contribution in [0.5, 0.6) is 0 Å². The molecule has 2 N–H and O–H groups in total. The zero-order valence-corrected chi connectivity index (χ0v) is 15.3. The average molecular weight is 346 g/mol. The molecule has 1 aliphatic heterocycles. The van der Waals surface area contributed by atoms with Crippen molar-refractivity contribution in [1.29, 1.82) is 0 Å². The first kappa shape index (κ1) is 16.2. The minimum absolute atomic E-state index is 0.375. The quantitative estimate of drug-likeness (QED) is 0.905. The third-order valence-electron chi connectivity index (χ3n) is 5.93. The van der Waals surface area contributed by atoms with E-state index in [0.717, 1.165) is 23.8 Å². The largest absolute Gasteiger partial charge is 0.330 e. The Hall–Kier alpha value is -1.24. The molecule has 2 aromatic heterocycles. The molecule has 24 heavy (non-hydrogen) atoms. The van der Waals surface area contributed by atoms with Crippen LogP contribution in [0, 0.1) is 5.41 Å². The maximum Gasteiger partial charge on any atom is 0.144 e. The Morgan fingerprint density at radius 3 is 2.88 bits per heavy atom. The average Bonchev–Trinajstić information content (AvgIpc) is 3.17. The minimum atomic E-state index is 0.375. The third kappa shape index (κ3) is 2.91. The second-order valence-corrected chi connectivity index (χ2v) is 8.28. The molecule has 2 aliphatic rings. The van der Waals surface area contributed by atoms with Gasteiger partial charge < -0.3 is 5.73 Å². The maximum atomic E-state index is 6.19. The van der Waals surface area contributed by atoms with Crippen molar-refractivity contribution < 1.29 is 0 Å². The molecule has 2 fully saturated rings. The van der Waals surface area contributed by atoms with Gasteiger partial charge in [-0.1, -0.05) is 12.8 Å². The first-order chi connectivity index (χ1) is 11.7. The number of likely N-dealkylation sites (tertiary alicyclic amines) is 1. The summed E-state index contributed by atoms with van der Waals surface area (Å²) in [5, 5.41) is 7.69. The van der Waals surface area contributed by atoms with E-state index in [0.29, 0.717) is 11.5 Å². The van der Waals surface area contributed by atoms with Crippen molar-refractivity contribution >= 4 is 11.3 Å². The predicted molar refractivity (Wildman–Crippen MR) is 97.7 cm³/mol. The van der Waals surface area contributed by atoms with Crippen LogP contribution in [-0.2, 0) is 13.6 Å². The fourth-order valence-electron chi connectivity index (χ4n) is 4.41. The Morgan fingerprint density at radius 1 is 1.33 bits per heavy atom. The van der Waals surface area contributed by atoms with Crippen LogP contribution in [0.25, 0.3) is 10.7 Å². The van der Waals surface area contributed by atoms with Gasteiger partial charge in [-0.25, -0.2) is 4.98 Å². The van der Waals surface area contributed by atoms with E-state index >= 15 is 0 Å². The first-order valence-corrected chi connectivity index (χ1v) is 9.97. The summed E-state index contributed by atoms with van der Waals surface area (Å²) in [6, 6.07) is 2.68. The van der Waals surface area contributed by atoms with E-state index in [9.17, 15) is 0 Å². The molecule has 0 aromatic carbocycles. The normalized spacial score (nSPS) is 24.0. The van der Waals surface area contributed by atoms with Gasteiger partial charge in [0, 0.05) is 31.2 Å². The zero-order valence-electron chi connectivity index (χ0n) is 14.4. The zero-order chi connectivity index (χ0) is 16.6. The first-order valence-electron chi connectivity index (χ1n) is 9.09. The van der Waals surface area contributed by atoms with Gasteiger partial charge >= 0.3 is 0 Å². The van der Waals surface area contributed by atoms with Crippen LogP contribution in [0.15, 0.2) is 17.6 Å². The van der Waals surface area contributed by atoms with E-state index in [4.69, 9.17) is 10.7 Å². The van der Waals surface area contributed by atoms with Crippen LogP contribution < -0.4 is 5.73 Å². The molecule has 2 aromatic rings. The Kier molecular flexibility index (Phi) is 4.45. The topological polar surface area (TPSA) is 60.0 Å². The highest BCUT2D eigenvalue weighted by Crippen LogP contribution is 2.47. The lowest BCUT2D eigenvalue weighted by Gasteiger charge is -2.53. The molecule has 0 radical (unpaired) electrons. The number of aryl methyl sites for hydroxylation is 1. The lowest BCUT2D eigenvalue weighted by Crippen LogP contribution is -2.56. The number of hydrogen-bond acceptors (Lipinski definition) is 5. The smallest absolute Gasteiger partial charge is 0.144 e. The predicted octanol–water partition coefficient (Wildman–Crippen LogP) is 3.03. The van der Waals surface area contributed by atoms with Gasteiger partial charge in [-0.15, -0.1) is 11.3 Å². The fourth-order valence-corrected chi connectivity index (χ4v) is 5.19. The van der Waals surface area contributed by atoms with E-state index in [1.54, 1.807) is 11.3 Å². The summed E-state index contributed by atoms with van der Waals surface area (Å²) in [7, 11) is 1.95. The summed E-state index contributed by atoms with van der Waals surface area (Å²) < 4.78 is 1.83. The summed E-state index contributed by atoms with van der Waals surface area (Å²) in [6.07, 6.45) is 9.88. The van der Waals surface area contributed by atoms with E-state index in [1.165, 1.54) is 50.8 Å². The van der Waals surface area contributed by atoms with Crippen LogP contribution in [0.2, 0.25) is 0 Å². The lowest BCUT2D eigenvalue weighted by atomic mass is 9.62. The standard InChI is InChI=1S/C18H27N5S/c1-22-10-6-15(21-22)17-20-14(12-24-17)11-23-9-3-2-5-16(23)18(13-19)7-4-8-18/h6,10,12,16H,2-5,7-9,11,13,19H2,1H3. The monoisotopic (exact) mass is 345 g/mol. The molecule has 0 spiro atoms. The number of nitrogens with zero attached hydrogens (tertiary/aromatic N) is 4. The van der Waals surface area contributed by atoms with Gasteiger partial charge in [-0.05, 0) is 50.3 Å². The highest BCUT2D eigenvalue weighted by molar-refractivity contribution is 7.13. The van der Waals surface area contributed by atoms with Gasteiger partial charge in [0.15, 0.2) is 0 Å². The molecule has 1 atom stereocenters. The van der Waals surface area contributed by atoms with Crippen LogP contribution in [0.3, 0.4) is 0 Å². The number of aromatic nitrogens is 3. The number of nitrogens with two attached hydrogens (primary N) is 1. The Labute approximate surface area is 147 Å². The van der Waals surface area contributed by atoms with Crippen molar-refractivity contribution in [3.63, 3.8) is 0 Å². The molecular formula is C18H27N5S. The highest BCUT2D eigenvalue weighted by atomic mass is 32.1. The van der Waals surface area contributed by atoms with Crippen molar-refractivity contribution in [2.24, 2.45) is 18.2 Å². The number of hydrogen-bond donors (Lipinski definition) is 1. The van der Waals surface area contributed by atoms with Crippen LogP contribution >= 0.6 is 11.3 Å². The second kappa shape index (κ2) is 6.58. The van der Waals surface area contributed by atoms with Crippen molar-refractivity contribution in [3.8, 4) is 10.7 Å². The molecule has 6 heteroatoms. The van der Waals surface area contributed by atoms with Crippen molar-refractivity contribution in [1.82, 2.24) is 19.7 Å². The van der Waals surface area contributed by atoms with E-state index < -0.39 is 0 Å². The molecule has 1 unspecified atom stereocenters. The number of rotatable bonds is 5. The molecule has 130 valence electrons. The third-order valence-corrected chi connectivity index (χ3v) is 6.84. The van der Waals surface area contributed by atoms with E-state index in [1.807, 2.05) is 24.0 Å². The maximum absolute atomic E-state index is 6.19. The number of thiazole rings is 1. The van der Waals surface area contributed by atoms with Gasteiger partial charge in [-0.2, -0.15) is 5.10 Å². The van der Waals surface area contributed by atoms with Gasteiger partial charge in [-0.3, -0.25) is 9.58 Å². The van der Waals surface area contributed by atoms with Crippen molar-refractivity contribution in [2.45, 2.75) is 51.1 Å². The fraction of sp³-hybridized carbons (Fsp3) is 0.667. The Morgan fingerprint density at radius 2 is 2.21 bits per heavy atom. The Balaban J connectivity index is 1.50. The molecule has 0 amide bonds. The summed E-state index contributed by atoms with van der Waals surface area (Å²) in [4.78, 5) is 7.50. The van der Waals surface area contributed by atoms with Gasteiger partial charge in [0.25, 0.3) is 0 Å². The van der Waals surface area contributed by atoms with Gasteiger partial charge in [0.1, 0.15) is 10.7 Å². The molecule has 1 aliphatic carbocycles. The van der Waals surface area contributed by atoms with Crippen LogP contribution in [0.1, 0.15) is 44.2 Å².